The fourth-order valence-corrected chi connectivity index (χ4v) is 4.10. The zero-order valence-corrected chi connectivity index (χ0v) is 18.9. The Bertz CT molecular complexity index is 1540. The molecule has 1 saturated heterocycles. The van der Waals surface area contributed by atoms with Crippen LogP contribution >= 0.6 is 0 Å². The van der Waals surface area contributed by atoms with Crippen molar-refractivity contribution in [2.24, 2.45) is 0 Å². The monoisotopic (exact) mass is 498 g/mol. The van der Waals surface area contributed by atoms with Crippen LogP contribution in [0.4, 0.5) is 0 Å². The molecule has 0 spiro atoms. The summed E-state index contributed by atoms with van der Waals surface area (Å²) >= 11 is 0. The van der Waals surface area contributed by atoms with E-state index in [0.29, 0.717) is 21.9 Å². The lowest BCUT2D eigenvalue weighted by Crippen LogP contribution is -2.60. The van der Waals surface area contributed by atoms with E-state index >= 15 is 0 Å². The Labute approximate surface area is 202 Å². The molecule has 2 aromatic heterocycles. The van der Waals surface area contributed by atoms with Crippen molar-refractivity contribution in [1.29, 1.82) is 0 Å². The second kappa shape index (κ2) is 9.37. The molecule has 11 nitrogen and oxygen atoms in total. The van der Waals surface area contributed by atoms with Crippen LogP contribution in [-0.4, -0.2) is 64.8 Å². The maximum atomic E-state index is 12.8. The molecule has 0 saturated carbocycles. The minimum Gasteiger partial charge on any atom is -0.493 e. The number of aliphatic hydroxyl groups excluding tert-OH is 4. The van der Waals surface area contributed by atoms with Crippen molar-refractivity contribution in [3.8, 4) is 22.6 Å². The molecule has 2 aromatic carbocycles. The summed E-state index contributed by atoms with van der Waals surface area (Å²) in [4.78, 5) is 24.4. The van der Waals surface area contributed by atoms with Gasteiger partial charge in [0.1, 0.15) is 35.6 Å². The first-order valence-corrected chi connectivity index (χ1v) is 11.0. The van der Waals surface area contributed by atoms with Gasteiger partial charge < -0.3 is 43.5 Å². The van der Waals surface area contributed by atoms with Gasteiger partial charge in [0.15, 0.2) is 11.5 Å². The van der Waals surface area contributed by atoms with Gasteiger partial charge in [-0.05, 0) is 29.8 Å². The summed E-state index contributed by atoms with van der Waals surface area (Å²) in [6.45, 7) is -0.616. The van der Waals surface area contributed by atoms with E-state index in [1.165, 1.54) is 19.2 Å². The Kier molecular flexibility index (Phi) is 6.24. The Morgan fingerprint density at radius 1 is 0.833 bits per heavy atom. The molecule has 0 bridgehead atoms. The van der Waals surface area contributed by atoms with Crippen LogP contribution in [0.15, 0.2) is 67.0 Å². The van der Waals surface area contributed by atoms with Crippen LogP contribution < -0.4 is 20.7 Å². The molecule has 0 amide bonds. The van der Waals surface area contributed by atoms with E-state index in [2.05, 4.69) is 0 Å². The maximum absolute atomic E-state index is 12.8. The summed E-state index contributed by atoms with van der Waals surface area (Å²) in [6.07, 6.45) is -7.41. The Morgan fingerprint density at radius 3 is 2.33 bits per heavy atom. The predicted molar refractivity (Wildman–Crippen MR) is 125 cm³/mol. The number of hydrogen-bond donors (Lipinski definition) is 4. The van der Waals surface area contributed by atoms with Crippen molar-refractivity contribution < 1.29 is 43.5 Å². The second-order valence-corrected chi connectivity index (χ2v) is 8.31. The van der Waals surface area contributed by atoms with Crippen LogP contribution in [-0.2, 0) is 4.74 Å². The van der Waals surface area contributed by atoms with Gasteiger partial charge in [0.25, 0.3) is 0 Å². The third kappa shape index (κ3) is 4.23. The first-order chi connectivity index (χ1) is 17.3. The number of methoxy groups -OCH3 is 1. The summed E-state index contributed by atoms with van der Waals surface area (Å²) in [7, 11) is 1.38. The van der Waals surface area contributed by atoms with Crippen molar-refractivity contribution in [2.75, 3.05) is 13.7 Å². The third-order valence-corrected chi connectivity index (χ3v) is 6.04. The normalized spacial score (nSPS) is 24.2. The second-order valence-electron chi connectivity index (χ2n) is 8.31. The lowest BCUT2D eigenvalue weighted by molar-refractivity contribution is -0.277. The summed E-state index contributed by atoms with van der Waals surface area (Å²) in [5, 5.41) is 40.8. The van der Waals surface area contributed by atoms with E-state index < -0.39 is 48.6 Å². The Balaban J connectivity index is 1.53. The lowest BCUT2D eigenvalue weighted by Gasteiger charge is -2.39. The third-order valence-electron chi connectivity index (χ3n) is 6.04. The molecule has 1 aliphatic heterocycles. The number of aliphatic hydroxyl groups is 4. The highest BCUT2D eigenvalue weighted by molar-refractivity contribution is 5.87. The molecule has 5 unspecified atom stereocenters. The zero-order chi connectivity index (χ0) is 25.6. The van der Waals surface area contributed by atoms with E-state index in [-0.39, 0.29) is 22.6 Å². The predicted octanol–water partition coefficient (Wildman–Crippen LogP) is 0.754. The van der Waals surface area contributed by atoms with Gasteiger partial charge in [-0.3, -0.25) is 0 Å². The first-order valence-electron chi connectivity index (χ1n) is 11.0. The molecule has 5 atom stereocenters. The van der Waals surface area contributed by atoms with Crippen LogP contribution in [0.1, 0.15) is 0 Å². The summed E-state index contributed by atoms with van der Waals surface area (Å²) in [5.41, 5.74) is -0.0172. The highest BCUT2D eigenvalue weighted by Crippen LogP contribution is 2.36. The Morgan fingerprint density at radius 2 is 1.58 bits per heavy atom. The van der Waals surface area contributed by atoms with Crippen molar-refractivity contribution in [2.45, 2.75) is 30.7 Å². The standard InChI is InChI=1S/C25H22O11/c1-32-17-8-13-6-14(12-3-2-11-4-5-20(27)33-15(11)7-12)24(31)34-16(13)9-18(17)35-25-23(30)22(29)21(28)19(10-26)36-25/h2-9,19,21-23,25-26,28-30H,10H2,1H3. The molecule has 4 N–H and O–H groups in total. The Hall–Kier alpha value is -3.74. The van der Waals surface area contributed by atoms with Gasteiger partial charge in [0.2, 0.25) is 6.29 Å². The van der Waals surface area contributed by atoms with Crippen LogP contribution in [0.3, 0.4) is 0 Å². The molecule has 1 fully saturated rings. The molecule has 3 heterocycles. The van der Waals surface area contributed by atoms with Crippen molar-refractivity contribution in [1.82, 2.24) is 0 Å². The van der Waals surface area contributed by atoms with Crippen LogP contribution in [0.25, 0.3) is 33.1 Å². The van der Waals surface area contributed by atoms with E-state index in [9.17, 15) is 30.0 Å². The van der Waals surface area contributed by atoms with Crippen LogP contribution in [0, 0.1) is 0 Å². The average Bonchev–Trinajstić information content (AvgIpc) is 2.87. The van der Waals surface area contributed by atoms with Crippen molar-refractivity contribution >= 4 is 21.9 Å². The van der Waals surface area contributed by atoms with E-state index in [4.69, 9.17) is 23.0 Å². The summed E-state index contributed by atoms with van der Waals surface area (Å²) in [6, 6.07) is 12.4. The molecule has 36 heavy (non-hydrogen) atoms. The molecular formula is C25H22O11. The van der Waals surface area contributed by atoms with E-state index in [1.807, 2.05) is 0 Å². The largest absolute Gasteiger partial charge is 0.493 e. The first kappa shape index (κ1) is 24.0. The topological polar surface area (TPSA) is 169 Å². The van der Waals surface area contributed by atoms with Crippen LogP contribution in [0.2, 0.25) is 0 Å². The molecule has 1 aliphatic rings. The summed E-state index contributed by atoms with van der Waals surface area (Å²) < 4.78 is 27.2. The van der Waals surface area contributed by atoms with Gasteiger partial charge in [0.05, 0.1) is 19.3 Å². The fourth-order valence-electron chi connectivity index (χ4n) is 4.10. The average molecular weight is 498 g/mol. The van der Waals surface area contributed by atoms with Gasteiger partial charge in [-0.1, -0.05) is 12.1 Å². The molecule has 5 rings (SSSR count). The van der Waals surface area contributed by atoms with E-state index in [0.717, 1.165) is 0 Å². The number of ether oxygens (including phenoxy) is 3. The SMILES string of the molecule is COc1cc2cc(-c3ccc4ccc(=O)oc4c3)c(=O)oc2cc1OC1OC(CO)C(O)C(O)C1O. The van der Waals surface area contributed by atoms with E-state index in [1.54, 1.807) is 36.4 Å². The lowest BCUT2D eigenvalue weighted by atomic mass is 9.99. The molecule has 0 aliphatic carbocycles. The number of rotatable bonds is 5. The summed E-state index contributed by atoms with van der Waals surface area (Å²) in [5.74, 6) is 0.224. The number of benzene rings is 2. The highest BCUT2D eigenvalue weighted by atomic mass is 16.7. The molecular weight excluding hydrogens is 476 g/mol. The number of hydrogen-bond acceptors (Lipinski definition) is 11. The minimum absolute atomic E-state index is 0.0257. The smallest absolute Gasteiger partial charge is 0.344 e. The molecule has 11 heteroatoms. The minimum atomic E-state index is -1.63. The zero-order valence-electron chi connectivity index (χ0n) is 18.9. The van der Waals surface area contributed by atoms with Gasteiger partial charge >= 0.3 is 11.3 Å². The van der Waals surface area contributed by atoms with Crippen molar-refractivity contribution in [3.63, 3.8) is 0 Å². The highest BCUT2D eigenvalue weighted by Gasteiger charge is 2.45. The maximum Gasteiger partial charge on any atom is 0.344 e. The molecule has 0 radical (unpaired) electrons. The molecule has 4 aromatic rings. The van der Waals surface area contributed by atoms with Gasteiger partial charge in [-0.25, -0.2) is 9.59 Å². The van der Waals surface area contributed by atoms with Crippen LogP contribution in [0.5, 0.6) is 11.5 Å². The fraction of sp³-hybridized carbons (Fsp3) is 0.280. The quantitative estimate of drug-likeness (QED) is 0.287. The molecule has 188 valence electrons. The van der Waals surface area contributed by atoms with Gasteiger partial charge in [0, 0.05) is 22.9 Å². The van der Waals surface area contributed by atoms with Gasteiger partial charge in [-0.2, -0.15) is 0 Å². The van der Waals surface area contributed by atoms with Crippen molar-refractivity contribution in [3.05, 3.63) is 69.4 Å². The number of fused-ring (bicyclic) bond motifs is 2. The van der Waals surface area contributed by atoms with Gasteiger partial charge in [-0.15, -0.1) is 0 Å².